The SMILES string of the molecule is Cc1cc(C(C)C)c(NC(N)=O)c(C(C)C)n1. The minimum absolute atomic E-state index is 0.245. The van der Waals surface area contributed by atoms with Gasteiger partial charge in [0, 0.05) is 5.69 Å². The average Bonchev–Trinajstić information content (AvgIpc) is 2.18. The van der Waals surface area contributed by atoms with Crippen LogP contribution in [0.25, 0.3) is 0 Å². The van der Waals surface area contributed by atoms with Crippen LogP contribution in [-0.4, -0.2) is 11.0 Å². The van der Waals surface area contributed by atoms with Crippen LogP contribution in [0.3, 0.4) is 0 Å². The Labute approximate surface area is 103 Å². The van der Waals surface area contributed by atoms with Gasteiger partial charge in [0.2, 0.25) is 0 Å². The van der Waals surface area contributed by atoms with Crippen molar-refractivity contribution in [2.45, 2.75) is 46.5 Å². The van der Waals surface area contributed by atoms with Gasteiger partial charge in [0.25, 0.3) is 0 Å². The first kappa shape index (κ1) is 13.5. The molecule has 1 heterocycles. The topological polar surface area (TPSA) is 68.0 Å². The third-order valence-electron chi connectivity index (χ3n) is 2.62. The summed E-state index contributed by atoms with van der Waals surface area (Å²) in [5.74, 6) is 0.560. The smallest absolute Gasteiger partial charge is 0.316 e. The fraction of sp³-hybridized carbons (Fsp3) is 0.538. The number of carbonyl (C=O) groups excluding carboxylic acids is 1. The number of aryl methyl sites for hydroxylation is 1. The van der Waals surface area contributed by atoms with Crippen LogP contribution in [-0.2, 0) is 0 Å². The highest BCUT2D eigenvalue weighted by atomic mass is 16.2. The molecule has 94 valence electrons. The maximum atomic E-state index is 11.1. The highest BCUT2D eigenvalue weighted by Crippen LogP contribution is 2.31. The van der Waals surface area contributed by atoms with Crippen molar-refractivity contribution in [1.82, 2.24) is 4.98 Å². The summed E-state index contributed by atoms with van der Waals surface area (Å²) in [6.45, 7) is 10.2. The van der Waals surface area contributed by atoms with Crippen LogP contribution < -0.4 is 11.1 Å². The van der Waals surface area contributed by atoms with Crippen molar-refractivity contribution in [3.05, 3.63) is 23.0 Å². The number of pyridine rings is 1. The van der Waals surface area contributed by atoms with Gasteiger partial charge in [-0.3, -0.25) is 4.98 Å². The predicted octanol–water partition coefficient (Wildman–Crippen LogP) is 3.13. The molecule has 1 aromatic heterocycles. The van der Waals surface area contributed by atoms with E-state index in [0.717, 1.165) is 22.6 Å². The molecule has 0 fully saturated rings. The second-order valence-corrected chi connectivity index (χ2v) is 4.91. The van der Waals surface area contributed by atoms with Gasteiger partial charge in [-0.15, -0.1) is 0 Å². The van der Waals surface area contributed by atoms with Crippen molar-refractivity contribution in [3.8, 4) is 0 Å². The Morgan fingerprint density at radius 2 is 1.88 bits per heavy atom. The minimum Gasteiger partial charge on any atom is -0.351 e. The summed E-state index contributed by atoms with van der Waals surface area (Å²) in [6.07, 6.45) is 0. The van der Waals surface area contributed by atoms with Gasteiger partial charge >= 0.3 is 6.03 Å². The number of aromatic nitrogens is 1. The molecule has 0 radical (unpaired) electrons. The van der Waals surface area contributed by atoms with Crippen LogP contribution >= 0.6 is 0 Å². The summed E-state index contributed by atoms with van der Waals surface area (Å²) in [5.41, 5.74) is 8.94. The van der Waals surface area contributed by atoms with E-state index in [1.54, 1.807) is 0 Å². The molecule has 0 aliphatic carbocycles. The Bertz CT molecular complexity index is 396. The van der Waals surface area contributed by atoms with Crippen LogP contribution in [0.1, 0.15) is 56.5 Å². The van der Waals surface area contributed by atoms with Crippen LogP contribution in [0, 0.1) is 6.92 Å². The molecule has 17 heavy (non-hydrogen) atoms. The van der Waals surface area contributed by atoms with E-state index in [1.807, 2.05) is 13.0 Å². The van der Waals surface area contributed by atoms with Crippen LogP contribution in [0.5, 0.6) is 0 Å². The maximum absolute atomic E-state index is 11.1. The number of hydrogen-bond donors (Lipinski definition) is 2. The van der Waals surface area contributed by atoms with E-state index >= 15 is 0 Å². The minimum atomic E-state index is -0.542. The second-order valence-electron chi connectivity index (χ2n) is 4.91. The Morgan fingerprint density at radius 1 is 1.29 bits per heavy atom. The molecule has 1 aromatic rings. The molecule has 2 amide bonds. The van der Waals surface area contributed by atoms with Gasteiger partial charge < -0.3 is 11.1 Å². The van der Waals surface area contributed by atoms with Gasteiger partial charge in [0.05, 0.1) is 11.4 Å². The number of urea groups is 1. The molecule has 0 atom stereocenters. The number of anilines is 1. The first-order chi connectivity index (χ1) is 7.82. The van der Waals surface area contributed by atoms with E-state index in [-0.39, 0.29) is 5.92 Å². The van der Waals surface area contributed by atoms with Crippen molar-refractivity contribution in [1.29, 1.82) is 0 Å². The number of rotatable bonds is 3. The molecule has 4 nitrogen and oxygen atoms in total. The Morgan fingerprint density at radius 3 is 2.29 bits per heavy atom. The third-order valence-corrected chi connectivity index (χ3v) is 2.62. The predicted molar refractivity (Wildman–Crippen MR) is 70.4 cm³/mol. The Kier molecular flexibility index (Phi) is 4.10. The summed E-state index contributed by atoms with van der Waals surface area (Å²) in [7, 11) is 0. The maximum Gasteiger partial charge on any atom is 0.316 e. The van der Waals surface area contributed by atoms with E-state index in [2.05, 4.69) is 38.0 Å². The van der Waals surface area contributed by atoms with Gasteiger partial charge in [-0.1, -0.05) is 27.7 Å². The monoisotopic (exact) mass is 235 g/mol. The summed E-state index contributed by atoms with van der Waals surface area (Å²) in [4.78, 5) is 15.6. The molecule has 0 spiro atoms. The molecule has 0 saturated carbocycles. The summed E-state index contributed by atoms with van der Waals surface area (Å²) < 4.78 is 0. The zero-order valence-corrected chi connectivity index (χ0v) is 11.2. The molecular formula is C13H21N3O. The second kappa shape index (κ2) is 5.17. The van der Waals surface area contributed by atoms with Crippen molar-refractivity contribution >= 4 is 11.7 Å². The van der Waals surface area contributed by atoms with E-state index in [9.17, 15) is 4.79 Å². The fourth-order valence-electron chi connectivity index (χ4n) is 1.86. The number of primary amides is 1. The molecule has 0 bridgehead atoms. The van der Waals surface area contributed by atoms with Gasteiger partial charge in [-0.2, -0.15) is 0 Å². The van der Waals surface area contributed by atoms with Gasteiger partial charge in [-0.25, -0.2) is 4.79 Å². The van der Waals surface area contributed by atoms with Crippen LogP contribution in [0.4, 0.5) is 10.5 Å². The highest BCUT2D eigenvalue weighted by Gasteiger charge is 2.17. The number of amides is 2. The van der Waals surface area contributed by atoms with Crippen molar-refractivity contribution in [3.63, 3.8) is 0 Å². The highest BCUT2D eigenvalue weighted by molar-refractivity contribution is 5.89. The van der Waals surface area contributed by atoms with E-state index in [1.165, 1.54) is 0 Å². The molecule has 0 aromatic carbocycles. The zero-order chi connectivity index (χ0) is 13.2. The Balaban J connectivity index is 3.41. The normalized spacial score (nSPS) is 11.0. The standard InChI is InChI=1S/C13H21N3O/c1-7(2)10-6-9(5)15-11(8(3)4)12(10)16-13(14)17/h6-8H,1-5H3,(H3,14,16,17). The lowest BCUT2D eigenvalue weighted by Gasteiger charge is -2.19. The number of nitrogens with two attached hydrogens (primary N) is 1. The average molecular weight is 235 g/mol. The third kappa shape index (κ3) is 3.19. The van der Waals surface area contributed by atoms with Crippen molar-refractivity contribution < 1.29 is 4.79 Å². The summed E-state index contributed by atoms with van der Waals surface area (Å²) in [5, 5.41) is 2.71. The van der Waals surface area contributed by atoms with E-state index in [4.69, 9.17) is 5.73 Å². The quantitative estimate of drug-likeness (QED) is 0.845. The fourth-order valence-corrected chi connectivity index (χ4v) is 1.86. The first-order valence-corrected chi connectivity index (χ1v) is 5.90. The number of nitrogens with zero attached hydrogens (tertiary/aromatic N) is 1. The Hall–Kier alpha value is -1.58. The summed E-state index contributed by atoms with van der Waals surface area (Å²) in [6, 6.07) is 1.46. The van der Waals surface area contributed by atoms with Gasteiger partial charge in [0.1, 0.15) is 0 Å². The molecule has 0 aliphatic rings. The lowest BCUT2D eigenvalue weighted by Crippen LogP contribution is -2.22. The molecule has 3 N–H and O–H groups in total. The van der Waals surface area contributed by atoms with E-state index < -0.39 is 6.03 Å². The summed E-state index contributed by atoms with van der Waals surface area (Å²) >= 11 is 0. The van der Waals surface area contributed by atoms with Crippen LogP contribution in [0.15, 0.2) is 6.07 Å². The lowest BCUT2D eigenvalue weighted by molar-refractivity contribution is 0.259. The molecule has 1 rings (SSSR count). The molecule has 4 heteroatoms. The number of hydrogen-bond acceptors (Lipinski definition) is 2. The largest absolute Gasteiger partial charge is 0.351 e. The lowest BCUT2D eigenvalue weighted by atomic mass is 9.96. The molecule has 0 saturated heterocycles. The van der Waals surface area contributed by atoms with Crippen LogP contribution in [0.2, 0.25) is 0 Å². The first-order valence-electron chi connectivity index (χ1n) is 5.90. The van der Waals surface area contributed by atoms with Crippen molar-refractivity contribution in [2.75, 3.05) is 5.32 Å². The number of carbonyl (C=O) groups is 1. The van der Waals surface area contributed by atoms with E-state index in [0.29, 0.717) is 5.92 Å². The molecule has 0 unspecified atom stereocenters. The zero-order valence-electron chi connectivity index (χ0n) is 11.2. The molecule has 0 aliphatic heterocycles. The van der Waals surface area contributed by atoms with Crippen molar-refractivity contribution in [2.24, 2.45) is 5.73 Å². The van der Waals surface area contributed by atoms with Gasteiger partial charge in [-0.05, 0) is 30.4 Å². The number of nitrogens with one attached hydrogen (secondary N) is 1. The van der Waals surface area contributed by atoms with Gasteiger partial charge in [0.15, 0.2) is 0 Å². The molecular weight excluding hydrogens is 214 g/mol.